The first kappa shape index (κ1) is 21.4. The average molecular weight is 448 g/mol. The molecule has 0 aliphatic carbocycles. The van der Waals surface area contributed by atoms with Crippen LogP contribution in [0.2, 0.25) is 10.0 Å². The first-order valence-electron chi connectivity index (χ1n) is 7.66. The fraction of sp³-hybridized carbons (Fsp3) is 0.250. The van der Waals surface area contributed by atoms with Gasteiger partial charge in [-0.1, -0.05) is 23.2 Å². The van der Waals surface area contributed by atoms with E-state index in [0.717, 1.165) is 0 Å². The van der Waals surface area contributed by atoms with E-state index in [-0.39, 0.29) is 24.1 Å². The number of thiocarbonyl (C=S) groups is 1. The Morgan fingerprint density at radius 1 is 1.33 bits per heavy atom. The minimum Gasteiger partial charge on any atom is -0.482 e. The van der Waals surface area contributed by atoms with Gasteiger partial charge in [0.2, 0.25) is 0 Å². The lowest BCUT2D eigenvalue weighted by Crippen LogP contribution is -2.37. The number of carbonyl (C=O) groups is 2. The number of aromatic nitrogens is 1. The van der Waals surface area contributed by atoms with E-state index >= 15 is 0 Å². The van der Waals surface area contributed by atoms with Gasteiger partial charge < -0.3 is 14.8 Å². The highest BCUT2D eigenvalue weighted by Gasteiger charge is 2.11. The largest absolute Gasteiger partial charge is 0.482 e. The second-order valence-electron chi connectivity index (χ2n) is 4.99. The number of rotatable bonds is 7. The fourth-order valence-corrected chi connectivity index (χ4v) is 3.28. The van der Waals surface area contributed by atoms with E-state index in [1.54, 1.807) is 24.4 Å². The van der Waals surface area contributed by atoms with Gasteiger partial charge in [0.05, 0.1) is 23.7 Å². The van der Waals surface area contributed by atoms with Crippen LogP contribution in [-0.2, 0) is 20.7 Å². The van der Waals surface area contributed by atoms with Crippen LogP contribution in [0.3, 0.4) is 0 Å². The molecule has 144 valence electrons. The number of esters is 1. The average Bonchev–Trinajstić information content (AvgIpc) is 3.00. The summed E-state index contributed by atoms with van der Waals surface area (Å²) in [6.07, 6.45) is 0.0703. The smallest absolute Gasteiger partial charge is 0.311 e. The van der Waals surface area contributed by atoms with Crippen molar-refractivity contribution in [1.29, 1.82) is 0 Å². The van der Waals surface area contributed by atoms with Gasteiger partial charge >= 0.3 is 5.97 Å². The molecule has 0 radical (unpaired) electrons. The molecule has 11 heteroatoms. The number of benzene rings is 1. The second-order valence-corrected chi connectivity index (χ2v) is 7.10. The Morgan fingerprint density at radius 2 is 2.11 bits per heavy atom. The Kier molecular flexibility index (Phi) is 8.23. The van der Waals surface area contributed by atoms with Gasteiger partial charge in [-0.25, -0.2) is 4.98 Å². The summed E-state index contributed by atoms with van der Waals surface area (Å²) >= 11 is 18.1. The molecule has 0 spiro atoms. The molecule has 2 N–H and O–H groups in total. The van der Waals surface area contributed by atoms with Crippen molar-refractivity contribution in [3.8, 4) is 5.75 Å². The zero-order valence-corrected chi connectivity index (χ0v) is 17.2. The molecule has 7 nitrogen and oxygen atoms in total. The summed E-state index contributed by atoms with van der Waals surface area (Å²) in [4.78, 5) is 27.5. The molecule has 0 aliphatic heterocycles. The predicted molar refractivity (Wildman–Crippen MR) is 109 cm³/mol. The van der Waals surface area contributed by atoms with Crippen LogP contribution in [0.25, 0.3) is 0 Å². The standard InChI is InChI=1S/C16H15Cl2N3O4S2/c1-2-24-14(23)6-10-8-27-16(19-10)21-15(26)20-13(22)7-25-12-4-3-9(17)5-11(12)18/h3-5,8H,2,6-7H2,1H3,(H2,19,20,21,22,26). The van der Waals surface area contributed by atoms with Crippen molar-refractivity contribution in [2.24, 2.45) is 0 Å². The van der Waals surface area contributed by atoms with Crippen LogP contribution in [0.15, 0.2) is 23.6 Å². The number of amides is 1. The molecule has 1 aromatic carbocycles. The lowest BCUT2D eigenvalue weighted by atomic mass is 10.3. The van der Waals surface area contributed by atoms with Crippen LogP contribution in [-0.4, -0.2) is 35.2 Å². The van der Waals surface area contributed by atoms with Crippen LogP contribution >= 0.6 is 46.8 Å². The lowest BCUT2D eigenvalue weighted by molar-refractivity contribution is -0.142. The molecule has 0 aliphatic rings. The van der Waals surface area contributed by atoms with Crippen molar-refractivity contribution < 1.29 is 19.1 Å². The Bertz CT molecular complexity index is 845. The summed E-state index contributed by atoms with van der Waals surface area (Å²) in [6, 6.07) is 4.68. The van der Waals surface area contributed by atoms with E-state index in [0.29, 0.717) is 33.2 Å². The summed E-state index contributed by atoms with van der Waals surface area (Å²) in [5, 5.41) is 8.21. The molecule has 1 heterocycles. The Balaban J connectivity index is 1.78. The van der Waals surface area contributed by atoms with E-state index in [1.807, 2.05) is 0 Å². The van der Waals surface area contributed by atoms with Crippen molar-refractivity contribution in [2.45, 2.75) is 13.3 Å². The molecule has 1 aromatic heterocycles. The normalized spacial score (nSPS) is 10.2. The molecular weight excluding hydrogens is 433 g/mol. The number of thiazole rings is 1. The van der Waals surface area contributed by atoms with Crippen molar-refractivity contribution in [3.05, 3.63) is 39.3 Å². The summed E-state index contributed by atoms with van der Waals surface area (Å²) in [5.74, 6) is -0.497. The summed E-state index contributed by atoms with van der Waals surface area (Å²) in [7, 11) is 0. The highest BCUT2D eigenvalue weighted by atomic mass is 35.5. The number of nitrogens with one attached hydrogen (secondary N) is 2. The quantitative estimate of drug-likeness (QED) is 0.496. The number of hydrogen-bond acceptors (Lipinski definition) is 7. The number of nitrogens with zero attached hydrogens (tertiary/aromatic N) is 1. The SMILES string of the molecule is CCOC(=O)Cc1csc(NC(=S)NC(=O)COc2ccc(Cl)cc2Cl)n1. The van der Waals surface area contributed by atoms with Gasteiger partial charge in [0.25, 0.3) is 5.91 Å². The summed E-state index contributed by atoms with van der Waals surface area (Å²) in [6.45, 7) is 1.76. The highest BCUT2D eigenvalue weighted by molar-refractivity contribution is 7.80. The molecular formula is C16H15Cl2N3O4S2. The minimum absolute atomic E-state index is 0.0582. The third-order valence-corrected chi connectivity index (χ3v) is 4.45. The number of anilines is 1. The first-order chi connectivity index (χ1) is 12.9. The van der Waals surface area contributed by atoms with Gasteiger partial charge in [-0.05, 0) is 37.3 Å². The van der Waals surface area contributed by atoms with Gasteiger partial charge in [-0.15, -0.1) is 11.3 Å². The molecule has 0 saturated carbocycles. The van der Waals surface area contributed by atoms with E-state index in [9.17, 15) is 9.59 Å². The van der Waals surface area contributed by atoms with Gasteiger partial charge in [0.15, 0.2) is 16.9 Å². The van der Waals surface area contributed by atoms with Crippen molar-refractivity contribution >= 4 is 68.9 Å². The predicted octanol–water partition coefficient (Wildman–Crippen LogP) is 3.45. The van der Waals surface area contributed by atoms with Crippen molar-refractivity contribution in [3.63, 3.8) is 0 Å². The van der Waals surface area contributed by atoms with Crippen LogP contribution in [0.4, 0.5) is 5.13 Å². The zero-order valence-electron chi connectivity index (χ0n) is 14.1. The van der Waals surface area contributed by atoms with E-state index in [4.69, 9.17) is 44.9 Å². The van der Waals surface area contributed by atoms with Crippen molar-refractivity contribution in [2.75, 3.05) is 18.5 Å². The van der Waals surface area contributed by atoms with E-state index < -0.39 is 5.91 Å². The fourth-order valence-electron chi connectivity index (χ4n) is 1.83. The second kappa shape index (κ2) is 10.4. The monoisotopic (exact) mass is 447 g/mol. The molecule has 1 amide bonds. The maximum Gasteiger partial charge on any atom is 0.311 e. The Hall–Kier alpha value is -1.94. The van der Waals surface area contributed by atoms with Crippen LogP contribution in [0.1, 0.15) is 12.6 Å². The number of hydrogen-bond donors (Lipinski definition) is 2. The Morgan fingerprint density at radius 3 is 2.81 bits per heavy atom. The highest BCUT2D eigenvalue weighted by Crippen LogP contribution is 2.27. The molecule has 0 atom stereocenters. The third-order valence-electron chi connectivity index (χ3n) is 2.91. The van der Waals surface area contributed by atoms with Crippen molar-refractivity contribution in [1.82, 2.24) is 10.3 Å². The number of carbonyl (C=O) groups excluding carboxylic acids is 2. The molecule has 0 saturated heterocycles. The molecule has 0 unspecified atom stereocenters. The van der Waals surface area contributed by atoms with Gasteiger partial charge in [0.1, 0.15) is 5.75 Å². The topological polar surface area (TPSA) is 89.6 Å². The molecule has 2 rings (SSSR count). The lowest BCUT2D eigenvalue weighted by Gasteiger charge is -2.09. The maximum absolute atomic E-state index is 11.9. The van der Waals surface area contributed by atoms with Gasteiger partial charge in [-0.2, -0.15) is 0 Å². The van der Waals surface area contributed by atoms with Crippen LogP contribution < -0.4 is 15.4 Å². The van der Waals surface area contributed by atoms with Gasteiger partial charge in [0, 0.05) is 10.4 Å². The zero-order chi connectivity index (χ0) is 19.8. The van der Waals surface area contributed by atoms with Gasteiger partial charge in [-0.3, -0.25) is 14.9 Å². The number of ether oxygens (including phenoxy) is 2. The molecule has 0 bridgehead atoms. The summed E-state index contributed by atoms with van der Waals surface area (Å²) in [5.41, 5.74) is 0.552. The first-order valence-corrected chi connectivity index (χ1v) is 9.70. The molecule has 27 heavy (non-hydrogen) atoms. The third kappa shape index (κ3) is 7.30. The van der Waals surface area contributed by atoms with E-state index in [1.165, 1.54) is 17.4 Å². The number of halogens is 2. The van der Waals surface area contributed by atoms with Crippen LogP contribution in [0, 0.1) is 0 Å². The summed E-state index contributed by atoms with van der Waals surface area (Å²) < 4.78 is 10.2. The Labute approximate surface area is 175 Å². The minimum atomic E-state index is -0.471. The van der Waals surface area contributed by atoms with Crippen LogP contribution in [0.5, 0.6) is 5.75 Å². The molecule has 2 aromatic rings. The maximum atomic E-state index is 11.9. The van der Waals surface area contributed by atoms with E-state index in [2.05, 4.69) is 15.6 Å². The molecule has 0 fully saturated rings.